The molecule has 0 aliphatic heterocycles. The van der Waals surface area contributed by atoms with Gasteiger partial charge in [0.2, 0.25) is 0 Å². The van der Waals surface area contributed by atoms with E-state index in [-0.39, 0.29) is 5.78 Å². The summed E-state index contributed by atoms with van der Waals surface area (Å²) >= 11 is 5.22. The van der Waals surface area contributed by atoms with Crippen molar-refractivity contribution in [1.29, 1.82) is 0 Å². The van der Waals surface area contributed by atoms with E-state index >= 15 is 0 Å². The summed E-state index contributed by atoms with van der Waals surface area (Å²) < 4.78 is 0. The molecule has 0 radical (unpaired) electrons. The molecule has 50 valence electrons. The molecule has 0 bridgehead atoms. The van der Waals surface area contributed by atoms with Crippen molar-refractivity contribution in [2.45, 2.75) is 19.3 Å². The molecular weight excluding hydrogens is 136 g/mol. The number of rotatable bonds is 2. The van der Waals surface area contributed by atoms with Gasteiger partial charge in [0.1, 0.15) is 0 Å². The van der Waals surface area contributed by atoms with E-state index in [0.29, 0.717) is 5.92 Å². The van der Waals surface area contributed by atoms with Gasteiger partial charge >= 0.3 is 0 Å². The molecule has 1 aliphatic carbocycles. The molecule has 0 heterocycles. The van der Waals surface area contributed by atoms with Gasteiger partial charge < -0.3 is 0 Å². The van der Waals surface area contributed by atoms with Crippen LogP contribution in [0.1, 0.15) is 19.3 Å². The maximum Gasteiger partial charge on any atom is 0.159 e. The Bertz CT molecular complexity index is 136. The van der Waals surface area contributed by atoms with Crippen molar-refractivity contribution in [3.8, 4) is 0 Å². The minimum atomic E-state index is 0.191. The third kappa shape index (κ3) is 1.55. The first-order valence-electron chi connectivity index (χ1n) is 3.15. The predicted molar refractivity (Wildman–Crippen MR) is 37.3 cm³/mol. The van der Waals surface area contributed by atoms with Gasteiger partial charge in [0.25, 0.3) is 0 Å². The lowest BCUT2D eigenvalue weighted by Crippen LogP contribution is -2.19. The molecule has 9 heavy (non-hydrogen) atoms. The zero-order chi connectivity index (χ0) is 6.69. The van der Waals surface area contributed by atoms with Gasteiger partial charge in [0.15, 0.2) is 5.78 Å². The van der Waals surface area contributed by atoms with Gasteiger partial charge in [-0.25, -0.2) is 0 Å². The fourth-order valence-electron chi connectivity index (χ4n) is 0.891. The zero-order valence-corrected chi connectivity index (χ0v) is 5.90. The van der Waals surface area contributed by atoms with E-state index in [1.54, 1.807) is 0 Å². The lowest BCUT2D eigenvalue weighted by Gasteiger charge is -2.21. The lowest BCUT2D eigenvalue weighted by atomic mass is 9.82. The van der Waals surface area contributed by atoms with Crippen molar-refractivity contribution in [1.82, 2.24) is 0 Å². The molecule has 0 spiro atoms. The number of ketones is 1. The third-order valence-electron chi connectivity index (χ3n) is 1.73. The predicted octanol–water partition coefficient (Wildman–Crippen LogP) is 2.11. The van der Waals surface area contributed by atoms with Crippen molar-refractivity contribution in [3.63, 3.8) is 0 Å². The van der Waals surface area contributed by atoms with E-state index in [9.17, 15) is 4.79 Å². The Kier molecular flexibility index (Phi) is 2.29. The second-order valence-corrected chi connectivity index (χ2v) is 2.57. The first-order valence-corrected chi connectivity index (χ1v) is 3.59. The van der Waals surface area contributed by atoms with Crippen molar-refractivity contribution >= 4 is 17.4 Å². The first-order chi connectivity index (χ1) is 4.34. The molecule has 1 nitrogen and oxygen atoms in total. The van der Waals surface area contributed by atoms with Crippen LogP contribution in [0.15, 0.2) is 11.6 Å². The minimum Gasteiger partial charge on any atom is -0.295 e. The van der Waals surface area contributed by atoms with E-state index in [1.807, 2.05) is 0 Å². The quantitative estimate of drug-likeness (QED) is 0.543. The molecule has 0 unspecified atom stereocenters. The van der Waals surface area contributed by atoms with Gasteiger partial charge in [-0.05, 0) is 18.9 Å². The van der Waals surface area contributed by atoms with Crippen LogP contribution in [-0.2, 0) is 4.79 Å². The number of allylic oxidation sites excluding steroid dienone is 1. The Labute approximate surface area is 59.7 Å². The highest BCUT2D eigenvalue weighted by atomic mass is 35.5. The molecule has 0 atom stereocenters. The topological polar surface area (TPSA) is 17.1 Å². The number of carbonyl (C=O) groups is 1. The Morgan fingerprint density at radius 1 is 1.56 bits per heavy atom. The van der Waals surface area contributed by atoms with Gasteiger partial charge in [-0.2, -0.15) is 0 Å². The van der Waals surface area contributed by atoms with Crippen molar-refractivity contribution < 1.29 is 4.79 Å². The number of hydrogen-bond acceptors (Lipinski definition) is 1. The standard InChI is InChI=1S/C7H9ClO/c8-5-4-7(9)6-2-1-3-6/h4-6H,1-3H2/b5-4+. The van der Waals surface area contributed by atoms with Gasteiger partial charge in [0, 0.05) is 11.5 Å². The van der Waals surface area contributed by atoms with E-state index in [4.69, 9.17) is 11.6 Å². The fourth-order valence-corrected chi connectivity index (χ4v) is 1.02. The van der Waals surface area contributed by atoms with E-state index in [0.717, 1.165) is 12.8 Å². The lowest BCUT2D eigenvalue weighted by molar-refractivity contribution is -0.120. The van der Waals surface area contributed by atoms with Crippen molar-refractivity contribution in [3.05, 3.63) is 11.6 Å². The summed E-state index contributed by atoms with van der Waals surface area (Å²) in [5.41, 5.74) is 1.29. The summed E-state index contributed by atoms with van der Waals surface area (Å²) in [6.07, 6.45) is 4.76. The summed E-state index contributed by atoms with van der Waals surface area (Å²) in [7, 11) is 0. The van der Waals surface area contributed by atoms with E-state index < -0.39 is 0 Å². The van der Waals surface area contributed by atoms with Crippen LogP contribution in [0, 0.1) is 5.92 Å². The molecule has 1 rings (SSSR count). The molecule has 2 heteroatoms. The number of halogens is 1. The Hall–Kier alpha value is -0.300. The van der Waals surface area contributed by atoms with Crippen LogP contribution < -0.4 is 0 Å². The van der Waals surface area contributed by atoms with Crippen LogP contribution in [0.3, 0.4) is 0 Å². The van der Waals surface area contributed by atoms with Crippen LogP contribution in [0.4, 0.5) is 0 Å². The minimum absolute atomic E-state index is 0.191. The van der Waals surface area contributed by atoms with E-state index in [1.165, 1.54) is 18.0 Å². The fraction of sp³-hybridized carbons (Fsp3) is 0.571. The van der Waals surface area contributed by atoms with Crippen molar-refractivity contribution in [2.75, 3.05) is 0 Å². The SMILES string of the molecule is O=C(/C=C/Cl)C1CCC1. The molecule has 0 aromatic heterocycles. The van der Waals surface area contributed by atoms with Gasteiger partial charge in [-0.1, -0.05) is 18.0 Å². The Morgan fingerprint density at radius 3 is 2.56 bits per heavy atom. The average Bonchev–Trinajstić information content (AvgIpc) is 1.60. The zero-order valence-electron chi connectivity index (χ0n) is 5.14. The van der Waals surface area contributed by atoms with Crippen LogP contribution in [0.25, 0.3) is 0 Å². The third-order valence-corrected chi connectivity index (χ3v) is 1.86. The Morgan fingerprint density at radius 2 is 2.22 bits per heavy atom. The van der Waals surface area contributed by atoms with Gasteiger partial charge in [-0.15, -0.1) is 0 Å². The highest BCUT2D eigenvalue weighted by molar-refractivity contribution is 6.26. The van der Waals surface area contributed by atoms with Gasteiger partial charge in [0.05, 0.1) is 0 Å². The summed E-state index contributed by atoms with van der Waals surface area (Å²) in [6, 6.07) is 0. The molecule has 1 aliphatic rings. The molecule has 0 N–H and O–H groups in total. The van der Waals surface area contributed by atoms with Crippen LogP contribution in [-0.4, -0.2) is 5.78 Å². The molecule has 0 amide bonds. The summed E-state index contributed by atoms with van der Waals surface area (Å²) in [5, 5.41) is 0. The smallest absolute Gasteiger partial charge is 0.159 e. The molecule has 0 aromatic carbocycles. The van der Waals surface area contributed by atoms with Gasteiger partial charge in [-0.3, -0.25) is 4.79 Å². The summed E-state index contributed by atoms with van der Waals surface area (Å²) in [4.78, 5) is 10.9. The highest BCUT2D eigenvalue weighted by Crippen LogP contribution is 2.27. The highest BCUT2D eigenvalue weighted by Gasteiger charge is 2.22. The van der Waals surface area contributed by atoms with Crippen LogP contribution in [0.2, 0.25) is 0 Å². The first kappa shape index (κ1) is 6.81. The van der Waals surface area contributed by atoms with Crippen molar-refractivity contribution in [2.24, 2.45) is 5.92 Å². The molecule has 1 saturated carbocycles. The van der Waals surface area contributed by atoms with E-state index in [2.05, 4.69) is 0 Å². The molecule has 0 aromatic rings. The maximum absolute atomic E-state index is 10.9. The normalized spacial score (nSPS) is 20.1. The van der Waals surface area contributed by atoms with Crippen LogP contribution >= 0.6 is 11.6 Å². The molecular formula is C7H9ClO. The Balaban J connectivity index is 2.32. The maximum atomic E-state index is 10.9. The summed E-state index contributed by atoms with van der Waals surface area (Å²) in [5.74, 6) is 0.483. The summed E-state index contributed by atoms with van der Waals surface area (Å²) in [6.45, 7) is 0. The monoisotopic (exact) mass is 144 g/mol. The average molecular weight is 145 g/mol. The number of carbonyl (C=O) groups excluding carboxylic acids is 1. The molecule has 1 fully saturated rings. The largest absolute Gasteiger partial charge is 0.295 e. The molecule has 0 saturated heterocycles. The van der Waals surface area contributed by atoms with Crippen LogP contribution in [0.5, 0.6) is 0 Å². The second-order valence-electron chi connectivity index (χ2n) is 2.32. The number of hydrogen-bond donors (Lipinski definition) is 0. The second kappa shape index (κ2) is 3.02.